The number of nitrogens with zero attached hydrogens (tertiary/aromatic N) is 4. The Balaban J connectivity index is 2.21. The summed E-state index contributed by atoms with van der Waals surface area (Å²) in [7, 11) is 1.81. The van der Waals surface area contributed by atoms with Crippen molar-refractivity contribution in [1.29, 1.82) is 0 Å². The third-order valence-corrected chi connectivity index (χ3v) is 3.45. The van der Waals surface area contributed by atoms with Crippen molar-refractivity contribution in [2.45, 2.75) is 40.0 Å². The van der Waals surface area contributed by atoms with Gasteiger partial charge in [-0.05, 0) is 24.7 Å². The molecular formula is C14H25N5O. The van der Waals surface area contributed by atoms with Gasteiger partial charge in [0.2, 0.25) is 11.9 Å². The van der Waals surface area contributed by atoms with Crippen molar-refractivity contribution in [3.8, 4) is 6.01 Å². The van der Waals surface area contributed by atoms with Crippen LogP contribution in [-0.4, -0.2) is 41.7 Å². The molecule has 0 aromatic carbocycles. The minimum atomic E-state index is 0.301. The van der Waals surface area contributed by atoms with E-state index in [1.165, 1.54) is 12.8 Å². The number of hydrogen-bond donors (Lipinski definition) is 1. The number of hydrogen-bond acceptors (Lipinski definition) is 6. The van der Waals surface area contributed by atoms with E-state index in [0.29, 0.717) is 29.9 Å². The SMILES string of the molecule is CCCOc1nc(NC)nc(N2CCCC(C)(C)C2)n1. The maximum Gasteiger partial charge on any atom is 0.323 e. The van der Waals surface area contributed by atoms with Crippen LogP contribution in [0.3, 0.4) is 0 Å². The van der Waals surface area contributed by atoms with E-state index in [4.69, 9.17) is 4.74 Å². The highest BCUT2D eigenvalue weighted by Crippen LogP contribution is 2.30. The summed E-state index contributed by atoms with van der Waals surface area (Å²) >= 11 is 0. The Kier molecular flexibility index (Phi) is 4.62. The van der Waals surface area contributed by atoms with E-state index in [2.05, 4.69) is 45.9 Å². The van der Waals surface area contributed by atoms with Crippen molar-refractivity contribution in [3.05, 3.63) is 0 Å². The highest BCUT2D eigenvalue weighted by molar-refractivity contribution is 5.38. The van der Waals surface area contributed by atoms with Gasteiger partial charge in [0.25, 0.3) is 0 Å². The summed E-state index contributed by atoms with van der Waals surface area (Å²) < 4.78 is 5.55. The number of piperidine rings is 1. The van der Waals surface area contributed by atoms with Gasteiger partial charge in [0.05, 0.1) is 6.61 Å². The van der Waals surface area contributed by atoms with Gasteiger partial charge >= 0.3 is 6.01 Å². The summed E-state index contributed by atoms with van der Waals surface area (Å²) in [6.45, 7) is 9.21. The molecule has 2 rings (SSSR count). The van der Waals surface area contributed by atoms with Crippen molar-refractivity contribution in [1.82, 2.24) is 15.0 Å². The maximum atomic E-state index is 5.55. The molecule has 112 valence electrons. The van der Waals surface area contributed by atoms with Crippen molar-refractivity contribution in [3.63, 3.8) is 0 Å². The molecule has 1 aliphatic rings. The zero-order valence-electron chi connectivity index (χ0n) is 12.9. The Labute approximate surface area is 121 Å². The molecule has 0 unspecified atom stereocenters. The lowest BCUT2D eigenvalue weighted by Crippen LogP contribution is -2.41. The van der Waals surface area contributed by atoms with Crippen LogP contribution in [0.5, 0.6) is 6.01 Å². The van der Waals surface area contributed by atoms with Gasteiger partial charge in [-0.1, -0.05) is 20.8 Å². The lowest BCUT2D eigenvalue weighted by molar-refractivity contribution is 0.282. The van der Waals surface area contributed by atoms with Crippen LogP contribution in [0.1, 0.15) is 40.0 Å². The van der Waals surface area contributed by atoms with Crippen molar-refractivity contribution < 1.29 is 4.74 Å². The molecule has 6 nitrogen and oxygen atoms in total. The molecule has 2 heterocycles. The first kappa shape index (κ1) is 14.8. The standard InChI is InChI=1S/C14H25N5O/c1-5-9-20-13-17-11(15-4)16-12(18-13)19-8-6-7-14(2,3)10-19/h5-10H2,1-4H3,(H,15,16,17,18). The number of aromatic nitrogens is 3. The number of nitrogens with one attached hydrogen (secondary N) is 1. The molecule has 0 bridgehead atoms. The molecule has 0 saturated carbocycles. The Morgan fingerprint density at radius 3 is 2.75 bits per heavy atom. The van der Waals surface area contributed by atoms with E-state index in [-0.39, 0.29) is 0 Å². The van der Waals surface area contributed by atoms with Gasteiger partial charge in [-0.25, -0.2) is 0 Å². The molecule has 0 radical (unpaired) electrons. The Morgan fingerprint density at radius 2 is 2.10 bits per heavy atom. The van der Waals surface area contributed by atoms with Gasteiger partial charge in [-0.3, -0.25) is 0 Å². The lowest BCUT2D eigenvalue weighted by Gasteiger charge is -2.38. The van der Waals surface area contributed by atoms with Crippen molar-refractivity contribution >= 4 is 11.9 Å². The summed E-state index contributed by atoms with van der Waals surface area (Å²) in [5.41, 5.74) is 0.301. The van der Waals surface area contributed by atoms with E-state index in [9.17, 15) is 0 Å². The quantitative estimate of drug-likeness (QED) is 0.892. The van der Waals surface area contributed by atoms with Crippen molar-refractivity contribution in [2.75, 3.05) is 37.0 Å². The molecule has 1 fully saturated rings. The Bertz CT molecular complexity index is 449. The number of ether oxygens (including phenoxy) is 1. The van der Waals surface area contributed by atoms with E-state index in [1.54, 1.807) is 0 Å². The fourth-order valence-electron chi connectivity index (χ4n) is 2.45. The van der Waals surface area contributed by atoms with E-state index >= 15 is 0 Å². The van der Waals surface area contributed by atoms with Crippen LogP contribution < -0.4 is 15.0 Å². The van der Waals surface area contributed by atoms with Crippen LogP contribution in [-0.2, 0) is 0 Å². The minimum Gasteiger partial charge on any atom is -0.463 e. The number of rotatable bonds is 5. The average Bonchev–Trinajstić information content (AvgIpc) is 2.43. The largest absolute Gasteiger partial charge is 0.463 e. The highest BCUT2D eigenvalue weighted by Gasteiger charge is 2.28. The molecule has 20 heavy (non-hydrogen) atoms. The molecule has 1 aromatic rings. The van der Waals surface area contributed by atoms with Crippen LogP contribution in [0.2, 0.25) is 0 Å². The summed E-state index contributed by atoms with van der Waals surface area (Å²) in [5, 5.41) is 2.98. The summed E-state index contributed by atoms with van der Waals surface area (Å²) in [6.07, 6.45) is 3.35. The third kappa shape index (κ3) is 3.71. The van der Waals surface area contributed by atoms with Gasteiger partial charge in [0.15, 0.2) is 0 Å². The molecule has 1 N–H and O–H groups in total. The van der Waals surface area contributed by atoms with Crippen molar-refractivity contribution in [2.24, 2.45) is 5.41 Å². The topological polar surface area (TPSA) is 63.2 Å². The van der Waals surface area contributed by atoms with E-state index in [1.807, 2.05) is 7.05 Å². The second kappa shape index (κ2) is 6.24. The number of anilines is 2. The molecule has 1 aromatic heterocycles. The molecule has 0 atom stereocenters. The second-order valence-electron chi connectivity index (χ2n) is 6.03. The summed E-state index contributed by atoms with van der Waals surface area (Å²) in [4.78, 5) is 15.4. The first-order chi connectivity index (χ1) is 9.54. The molecule has 0 spiro atoms. The highest BCUT2D eigenvalue weighted by atomic mass is 16.5. The maximum absolute atomic E-state index is 5.55. The molecule has 1 saturated heterocycles. The van der Waals surface area contributed by atoms with Crippen LogP contribution in [0.25, 0.3) is 0 Å². The predicted molar refractivity (Wildman–Crippen MR) is 80.4 cm³/mol. The molecule has 0 aliphatic carbocycles. The van der Waals surface area contributed by atoms with Crippen LogP contribution in [0.4, 0.5) is 11.9 Å². The monoisotopic (exact) mass is 279 g/mol. The smallest absolute Gasteiger partial charge is 0.323 e. The molecule has 0 amide bonds. The normalized spacial score (nSPS) is 17.9. The second-order valence-corrected chi connectivity index (χ2v) is 6.03. The van der Waals surface area contributed by atoms with E-state index < -0.39 is 0 Å². The first-order valence-corrected chi connectivity index (χ1v) is 7.35. The van der Waals surface area contributed by atoms with Gasteiger partial charge in [0, 0.05) is 20.1 Å². The Hall–Kier alpha value is -1.59. The molecular weight excluding hydrogens is 254 g/mol. The summed E-state index contributed by atoms with van der Waals surface area (Å²) in [5.74, 6) is 1.27. The minimum absolute atomic E-state index is 0.301. The lowest BCUT2D eigenvalue weighted by atomic mass is 9.84. The molecule has 1 aliphatic heterocycles. The Morgan fingerprint density at radius 1 is 1.30 bits per heavy atom. The van der Waals surface area contributed by atoms with Gasteiger partial charge in [-0.2, -0.15) is 15.0 Å². The zero-order valence-corrected chi connectivity index (χ0v) is 12.9. The fraction of sp³-hybridized carbons (Fsp3) is 0.786. The van der Waals surface area contributed by atoms with Crippen LogP contribution in [0.15, 0.2) is 0 Å². The summed E-state index contributed by atoms with van der Waals surface area (Å²) in [6, 6.07) is 0.407. The molecule has 6 heteroatoms. The van der Waals surface area contributed by atoms with Crippen LogP contribution >= 0.6 is 0 Å². The average molecular weight is 279 g/mol. The fourth-order valence-corrected chi connectivity index (χ4v) is 2.45. The predicted octanol–water partition coefficient (Wildman–Crippen LogP) is 2.33. The van der Waals surface area contributed by atoms with Gasteiger partial charge in [0.1, 0.15) is 0 Å². The first-order valence-electron chi connectivity index (χ1n) is 7.35. The van der Waals surface area contributed by atoms with Gasteiger partial charge in [-0.15, -0.1) is 0 Å². The third-order valence-electron chi connectivity index (χ3n) is 3.45. The van der Waals surface area contributed by atoms with Crippen LogP contribution in [0, 0.1) is 5.41 Å². The van der Waals surface area contributed by atoms with E-state index in [0.717, 1.165) is 19.5 Å². The zero-order chi connectivity index (χ0) is 14.6. The van der Waals surface area contributed by atoms with Gasteiger partial charge < -0.3 is 15.0 Å².